The van der Waals surface area contributed by atoms with Gasteiger partial charge in [-0.2, -0.15) is 0 Å². The second-order valence-corrected chi connectivity index (χ2v) is 2.75. The topological polar surface area (TPSA) is 66.6 Å². The van der Waals surface area contributed by atoms with Crippen molar-refractivity contribution in [3.05, 3.63) is 39.9 Å². The van der Waals surface area contributed by atoms with Crippen molar-refractivity contribution in [2.75, 3.05) is 0 Å². The maximum atomic E-state index is 10.1. The van der Waals surface area contributed by atoms with Crippen molar-refractivity contribution < 1.29 is 10.1 Å². The van der Waals surface area contributed by atoms with Crippen LogP contribution in [-0.4, -0.2) is 14.7 Å². The first-order chi connectivity index (χ1) is 6.11. The number of hydrogen-bond donors (Lipinski definition) is 1. The van der Waals surface area contributed by atoms with Crippen molar-refractivity contribution in [2.24, 2.45) is 0 Å². The number of para-hydroxylation sites is 1. The molecule has 70 valence electrons. The van der Waals surface area contributed by atoms with Crippen LogP contribution in [0.25, 0.3) is 0 Å². The Morgan fingerprint density at radius 1 is 1.54 bits per heavy atom. The summed E-state index contributed by atoms with van der Waals surface area (Å²) in [5.74, 6) is -0.00463. The Morgan fingerprint density at radius 3 is 2.69 bits per heavy atom. The van der Waals surface area contributed by atoms with Crippen molar-refractivity contribution in [2.45, 2.75) is 6.54 Å². The first-order valence-corrected chi connectivity index (χ1v) is 3.79. The molecule has 1 aromatic carbocycles. The summed E-state index contributed by atoms with van der Waals surface area (Å²) >= 11 is 5.25. The predicted molar refractivity (Wildman–Crippen MR) is 46.5 cm³/mol. The van der Waals surface area contributed by atoms with Crippen LogP contribution in [0.2, 0.25) is 0 Å². The zero-order valence-electron chi connectivity index (χ0n) is 6.55. The Labute approximate surface area is 79.4 Å². The molecule has 0 saturated heterocycles. The quantitative estimate of drug-likeness (QED) is 0.459. The Balaban J connectivity index is 2.74. The third kappa shape index (κ3) is 2.48. The van der Waals surface area contributed by atoms with Crippen LogP contribution in [0, 0.1) is 10.1 Å². The largest absolute Gasteiger partial charge is 0.508 e. The molecule has 6 heteroatoms. The van der Waals surface area contributed by atoms with Crippen LogP contribution in [0.1, 0.15) is 5.56 Å². The number of rotatable bonds is 3. The van der Waals surface area contributed by atoms with E-state index in [9.17, 15) is 15.2 Å². The summed E-state index contributed by atoms with van der Waals surface area (Å²) in [5, 5.41) is 18.6. The number of nitro groups is 1. The molecule has 0 aliphatic carbocycles. The maximum absolute atomic E-state index is 10.1. The van der Waals surface area contributed by atoms with Crippen molar-refractivity contribution >= 4 is 11.8 Å². The van der Waals surface area contributed by atoms with Crippen molar-refractivity contribution in [3.63, 3.8) is 0 Å². The van der Waals surface area contributed by atoms with E-state index >= 15 is 0 Å². The molecule has 0 aliphatic heterocycles. The molecule has 0 amide bonds. The van der Waals surface area contributed by atoms with E-state index in [2.05, 4.69) is 0 Å². The van der Waals surface area contributed by atoms with Crippen LogP contribution >= 0.6 is 11.8 Å². The zero-order valence-corrected chi connectivity index (χ0v) is 7.31. The van der Waals surface area contributed by atoms with E-state index in [4.69, 9.17) is 11.8 Å². The highest BCUT2D eigenvalue weighted by Crippen LogP contribution is 2.18. The van der Waals surface area contributed by atoms with Crippen molar-refractivity contribution in [3.8, 4) is 5.75 Å². The van der Waals surface area contributed by atoms with Gasteiger partial charge in [-0.05, 0) is 10.6 Å². The van der Waals surface area contributed by atoms with Crippen LogP contribution in [0.5, 0.6) is 5.75 Å². The first-order valence-electron chi connectivity index (χ1n) is 3.45. The van der Waals surface area contributed by atoms with Crippen LogP contribution in [0.15, 0.2) is 24.3 Å². The zero-order chi connectivity index (χ0) is 9.84. The monoisotopic (exact) mass is 202 g/mol. The van der Waals surface area contributed by atoms with Gasteiger partial charge in [0.25, 0.3) is 0 Å². The molecule has 5 nitrogen and oxygen atoms in total. The Hall–Kier alpha value is -1.49. The van der Waals surface area contributed by atoms with E-state index < -0.39 is 5.03 Å². The molecule has 0 unspecified atom stereocenters. The molecule has 13 heavy (non-hydrogen) atoms. The standard InChI is InChI=1S/C7H7ClN2O3/c8-9(10(12)13)5-6-3-1-2-4-7(6)11/h1-4,11H,5H2. The van der Waals surface area contributed by atoms with Gasteiger partial charge in [0.2, 0.25) is 0 Å². The highest BCUT2D eigenvalue weighted by atomic mass is 35.5. The molecular formula is C7H7ClN2O3. The van der Waals surface area contributed by atoms with Gasteiger partial charge in [-0.15, -0.1) is 0 Å². The van der Waals surface area contributed by atoms with Crippen LogP contribution < -0.4 is 0 Å². The van der Waals surface area contributed by atoms with Gasteiger partial charge in [0.05, 0.1) is 11.8 Å². The lowest BCUT2D eigenvalue weighted by Crippen LogP contribution is -2.18. The summed E-state index contributed by atoms with van der Waals surface area (Å²) < 4.78 is 0.384. The molecule has 0 atom stereocenters. The van der Waals surface area contributed by atoms with Gasteiger partial charge >= 0.3 is 0 Å². The van der Waals surface area contributed by atoms with Crippen molar-refractivity contribution in [1.29, 1.82) is 0 Å². The lowest BCUT2D eigenvalue weighted by Gasteiger charge is -2.05. The van der Waals surface area contributed by atoms with Crippen LogP contribution in [-0.2, 0) is 6.54 Å². The van der Waals surface area contributed by atoms with E-state index in [0.29, 0.717) is 10.1 Å². The molecule has 0 aliphatic rings. The summed E-state index contributed by atoms with van der Waals surface area (Å²) in [6, 6.07) is 6.30. The molecule has 0 aromatic heterocycles. The van der Waals surface area contributed by atoms with Gasteiger partial charge in [-0.1, -0.05) is 18.2 Å². The Kier molecular flexibility index (Phi) is 2.92. The summed E-state index contributed by atoms with van der Waals surface area (Å²) in [5.41, 5.74) is 0.411. The van der Waals surface area contributed by atoms with Gasteiger partial charge in [0.1, 0.15) is 12.3 Å². The Morgan fingerprint density at radius 2 is 2.15 bits per heavy atom. The SMILES string of the molecule is O=[N+]([O-])N(Cl)Cc1ccccc1O. The minimum absolute atomic E-state index is 0.00463. The number of phenols is 1. The number of benzene rings is 1. The van der Waals surface area contributed by atoms with Gasteiger partial charge in [-0.25, -0.2) is 10.1 Å². The summed E-state index contributed by atoms with van der Waals surface area (Å²) in [6.07, 6.45) is 0. The minimum Gasteiger partial charge on any atom is -0.508 e. The summed E-state index contributed by atoms with van der Waals surface area (Å²) in [7, 11) is 0. The third-order valence-electron chi connectivity index (χ3n) is 1.47. The molecule has 0 spiro atoms. The fourth-order valence-corrected chi connectivity index (χ4v) is 0.972. The first kappa shape index (κ1) is 9.60. The fourth-order valence-electron chi connectivity index (χ4n) is 0.843. The van der Waals surface area contributed by atoms with Gasteiger partial charge < -0.3 is 5.11 Å². The number of phenolic OH excluding ortho intramolecular Hbond substituents is 1. The summed E-state index contributed by atoms with van der Waals surface area (Å²) in [6.45, 7) is -0.138. The molecule has 1 rings (SSSR count). The van der Waals surface area contributed by atoms with Gasteiger partial charge in [0.15, 0.2) is 5.03 Å². The molecule has 0 fully saturated rings. The van der Waals surface area contributed by atoms with Crippen molar-refractivity contribution in [1.82, 2.24) is 4.53 Å². The maximum Gasteiger partial charge on any atom is 0.176 e. The van der Waals surface area contributed by atoms with E-state index in [1.807, 2.05) is 0 Å². The van der Waals surface area contributed by atoms with E-state index in [1.54, 1.807) is 18.2 Å². The minimum atomic E-state index is -0.756. The normalized spacial score (nSPS) is 9.62. The lowest BCUT2D eigenvalue weighted by atomic mass is 10.2. The van der Waals surface area contributed by atoms with E-state index in [-0.39, 0.29) is 12.3 Å². The number of nitrogens with zero attached hydrogens (tertiary/aromatic N) is 2. The van der Waals surface area contributed by atoms with Crippen LogP contribution in [0.4, 0.5) is 0 Å². The van der Waals surface area contributed by atoms with E-state index in [0.717, 1.165) is 0 Å². The summed E-state index contributed by atoms with van der Waals surface area (Å²) in [4.78, 5) is 10.1. The van der Waals surface area contributed by atoms with Gasteiger partial charge in [-0.3, -0.25) is 0 Å². The second kappa shape index (κ2) is 3.95. The Bertz CT molecular complexity index is 318. The predicted octanol–water partition coefficient (Wildman–Crippen LogP) is 1.54. The fraction of sp³-hybridized carbons (Fsp3) is 0.143. The molecule has 0 radical (unpaired) electrons. The highest BCUT2D eigenvalue weighted by Gasteiger charge is 2.12. The smallest absolute Gasteiger partial charge is 0.176 e. The lowest BCUT2D eigenvalue weighted by molar-refractivity contribution is -0.625. The number of halogens is 1. The molecule has 1 N–H and O–H groups in total. The van der Waals surface area contributed by atoms with Gasteiger partial charge in [0, 0.05) is 5.56 Å². The molecule has 1 aromatic rings. The average Bonchev–Trinajstić information content (AvgIpc) is 2.08. The molecule has 0 heterocycles. The van der Waals surface area contributed by atoms with Crippen LogP contribution in [0.3, 0.4) is 0 Å². The molecular weight excluding hydrogens is 196 g/mol. The third-order valence-corrected chi connectivity index (χ3v) is 1.71. The van der Waals surface area contributed by atoms with E-state index in [1.165, 1.54) is 6.07 Å². The second-order valence-electron chi connectivity index (χ2n) is 2.36. The number of aromatic hydroxyl groups is 1. The number of hydrazine groups is 1. The average molecular weight is 203 g/mol. The highest BCUT2D eigenvalue weighted by molar-refractivity contribution is 6.12. The molecule has 0 saturated carbocycles. The number of hydrogen-bond acceptors (Lipinski definition) is 3. The molecule has 0 bridgehead atoms.